The lowest BCUT2D eigenvalue weighted by Gasteiger charge is -2.20. The van der Waals surface area contributed by atoms with E-state index in [0.29, 0.717) is 18.7 Å². The molecule has 1 fully saturated rings. The summed E-state index contributed by atoms with van der Waals surface area (Å²) < 4.78 is 5.41. The minimum Gasteiger partial charge on any atom is -0.481 e. The highest BCUT2D eigenvalue weighted by molar-refractivity contribution is 5.94. The van der Waals surface area contributed by atoms with E-state index in [-0.39, 0.29) is 12.1 Å². The van der Waals surface area contributed by atoms with E-state index >= 15 is 0 Å². The summed E-state index contributed by atoms with van der Waals surface area (Å²) in [4.78, 5) is 33.2. The fraction of sp³-hybridized carbons (Fsp3) is 0.429. The molecule has 2 N–H and O–H groups in total. The standard InChI is InChI=1S/C14H16N2O6/c17-13(18)8-11(12-2-1-7-22-12)14(19)15-9-3-5-10(6-4-9)16(20)21/h3-6,11-12H,1-2,7-8H2,(H,15,19)(H,17,18)/t11-,12-/m1/s1. The lowest BCUT2D eigenvalue weighted by molar-refractivity contribution is -0.384. The van der Waals surface area contributed by atoms with Crippen molar-refractivity contribution in [2.24, 2.45) is 5.92 Å². The van der Waals surface area contributed by atoms with Gasteiger partial charge in [0.05, 0.1) is 23.4 Å². The highest BCUT2D eigenvalue weighted by Crippen LogP contribution is 2.25. The van der Waals surface area contributed by atoms with Crippen molar-refractivity contribution in [1.82, 2.24) is 0 Å². The van der Waals surface area contributed by atoms with Gasteiger partial charge in [0.15, 0.2) is 0 Å². The van der Waals surface area contributed by atoms with Crippen LogP contribution in [0.15, 0.2) is 24.3 Å². The molecule has 2 atom stereocenters. The SMILES string of the molecule is O=C(O)C[C@@H](C(=O)Nc1ccc([N+](=O)[O-])cc1)[C@H]1CCCO1. The van der Waals surface area contributed by atoms with Crippen LogP contribution in [0.4, 0.5) is 11.4 Å². The fourth-order valence-corrected chi connectivity index (χ4v) is 2.40. The van der Waals surface area contributed by atoms with Gasteiger partial charge in [-0.15, -0.1) is 0 Å². The summed E-state index contributed by atoms with van der Waals surface area (Å²) >= 11 is 0. The number of nitrogens with one attached hydrogen (secondary N) is 1. The van der Waals surface area contributed by atoms with Crippen molar-refractivity contribution in [3.05, 3.63) is 34.4 Å². The number of carbonyl (C=O) groups is 2. The highest BCUT2D eigenvalue weighted by atomic mass is 16.6. The lowest BCUT2D eigenvalue weighted by atomic mass is 9.95. The first kappa shape index (κ1) is 15.9. The number of non-ortho nitro benzene ring substituents is 1. The third kappa shape index (κ3) is 4.01. The van der Waals surface area contributed by atoms with Gasteiger partial charge in [-0.3, -0.25) is 19.7 Å². The second-order valence-electron chi connectivity index (χ2n) is 5.05. The molecule has 0 aliphatic carbocycles. The number of carboxylic acids is 1. The van der Waals surface area contributed by atoms with Crippen LogP contribution in [0, 0.1) is 16.0 Å². The van der Waals surface area contributed by atoms with Crippen LogP contribution in [0.1, 0.15) is 19.3 Å². The summed E-state index contributed by atoms with van der Waals surface area (Å²) in [6.45, 7) is 0.519. The summed E-state index contributed by atoms with van der Waals surface area (Å²) in [5.74, 6) is -2.31. The smallest absolute Gasteiger partial charge is 0.304 e. The van der Waals surface area contributed by atoms with Gasteiger partial charge >= 0.3 is 5.97 Å². The minimum atomic E-state index is -1.07. The molecular weight excluding hydrogens is 292 g/mol. The van der Waals surface area contributed by atoms with Crippen molar-refractivity contribution in [3.8, 4) is 0 Å². The third-order valence-corrected chi connectivity index (χ3v) is 3.49. The Morgan fingerprint density at radius 2 is 2.09 bits per heavy atom. The first-order chi connectivity index (χ1) is 10.5. The molecule has 1 aromatic rings. The Balaban J connectivity index is 2.06. The van der Waals surface area contributed by atoms with Crippen molar-refractivity contribution in [2.45, 2.75) is 25.4 Å². The second kappa shape index (κ2) is 6.99. The zero-order chi connectivity index (χ0) is 16.1. The van der Waals surface area contributed by atoms with Crippen molar-refractivity contribution < 1.29 is 24.4 Å². The largest absolute Gasteiger partial charge is 0.481 e. The van der Waals surface area contributed by atoms with Crippen LogP contribution in [0.25, 0.3) is 0 Å². The van der Waals surface area contributed by atoms with Crippen LogP contribution >= 0.6 is 0 Å². The molecule has 0 aromatic heterocycles. The van der Waals surface area contributed by atoms with Gasteiger partial charge in [-0.2, -0.15) is 0 Å². The predicted molar refractivity (Wildman–Crippen MR) is 76.4 cm³/mol. The number of nitro benzene ring substituents is 1. The van der Waals surface area contributed by atoms with Gasteiger partial charge in [0, 0.05) is 24.4 Å². The number of hydrogen-bond donors (Lipinski definition) is 2. The Morgan fingerprint density at radius 1 is 1.41 bits per heavy atom. The van der Waals surface area contributed by atoms with Crippen molar-refractivity contribution >= 4 is 23.3 Å². The molecule has 0 bridgehead atoms. The first-order valence-electron chi connectivity index (χ1n) is 6.86. The van der Waals surface area contributed by atoms with Gasteiger partial charge in [-0.1, -0.05) is 0 Å². The zero-order valence-corrected chi connectivity index (χ0v) is 11.7. The predicted octanol–water partition coefficient (Wildman–Crippen LogP) is 1.80. The molecule has 22 heavy (non-hydrogen) atoms. The molecule has 0 spiro atoms. The van der Waals surface area contributed by atoms with Crippen LogP contribution < -0.4 is 5.32 Å². The molecule has 1 heterocycles. The topological polar surface area (TPSA) is 119 Å². The number of amides is 1. The molecule has 1 saturated heterocycles. The molecule has 118 valence electrons. The second-order valence-corrected chi connectivity index (χ2v) is 5.05. The number of nitro groups is 1. The lowest BCUT2D eigenvalue weighted by Crippen LogP contribution is -2.34. The van der Waals surface area contributed by atoms with E-state index in [4.69, 9.17) is 9.84 Å². The number of aliphatic carboxylic acids is 1. The number of hydrogen-bond acceptors (Lipinski definition) is 5. The maximum absolute atomic E-state index is 12.3. The van der Waals surface area contributed by atoms with Gasteiger partial charge in [0.2, 0.25) is 5.91 Å². The molecule has 1 aliphatic rings. The number of anilines is 1. The van der Waals surface area contributed by atoms with E-state index in [1.165, 1.54) is 24.3 Å². The number of nitrogens with zero attached hydrogens (tertiary/aromatic N) is 1. The Morgan fingerprint density at radius 3 is 2.59 bits per heavy atom. The third-order valence-electron chi connectivity index (χ3n) is 3.49. The maximum Gasteiger partial charge on any atom is 0.304 e. The molecule has 1 aliphatic heterocycles. The molecule has 0 radical (unpaired) electrons. The molecular formula is C14H16N2O6. The number of ether oxygens (including phenoxy) is 1. The summed E-state index contributed by atoms with van der Waals surface area (Å²) in [5, 5.41) is 22.1. The van der Waals surface area contributed by atoms with Crippen LogP contribution in [-0.4, -0.2) is 34.6 Å². The van der Waals surface area contributed by atoms with E-state index in [0.717, 1.165) is 6.42 Å². The van der Waals surface area contributed by atoms with E-state index in [1.54, 1.807) is 0 Å². The van der Waals surface area contributed by atoms with Crippen LogP contribution in [0.5, 0.6) is 0 Å². The van der Waals surface area contributed by atoms with Gasteiger partial charge in [0.1, 0.15) is 0 Å². The quantitative estimate of drug-likeness (QED) is 0.611. The monoisotopic (exact) mass is 308 g/mol. The number of rotatable bonds is 6. The Bertz CT molecular complexity index is 565. The van der Waals surface area contributed by atoms with Crippen LogP contribution in [0.2, 0.25) is 0 Å². The minimum absolute atomic E-state index is 0.0841. The van der Waals surface area contributed by atoms with E-state index in [2.05, 4.69) is 5.32 Å². The van der Waals surface area contributed by atoms with E-state index < -0.39 is 28.8 Å². The van der Waals surface area contributed by atoms with E-state index in [1.807, 2.05) is 0 Å². The Kier molecular flexibility index (Phi) is 5.05. The van der Waals surface area contributed by atoms with Crippen LogP contribution in [0.3, 0.4) is 0 Å². The number of benzene rings is 1. The molecule has 8 heteroatoms. The molecule has 1 aromatic carbocycles. The fourth-order valence-electron chi connectivity index (χ4n) is 2.40. The first-order valence-corrected chi connectivity index (χ1v) is 6.86. The molecule has 2 rings (SSSR count). The van der Waals surface area contributed by atoms with Gasteiger partial charge in [-0.25, -0.2) is 0 Å². The van der Waals surface area contributed by atoms with Gasteiger partial charge < -0.3 is 15.2 Å². The van der Waals surface area contributed by atoms with Crippen molar-refractivity contribution in [1.29, 1.82) is 0 Å². The van der Waals surface area contributed by atoms with Crippen molar-refractivity contribution in [3.63, 3.8) is 0 Å². The number of carbonyl (C=O) groups excluding carboxylic acids is 1. The average Bonchev–Trinajstić information content (AvgIpc) is 2.99. The molecule has 8 nitrogen and oxygen atoms in total. The highest BCUT2D eigenvalue weighted by Gasteiger charge is 2.33. The summed E-state index contributed by atoms with van der Waals surface area (Å²) in [6.07, 6.45) is 0.718. The van der Waals surface area contributed by atoms with Gasteiger partial charge in [0.25, 0.3) is 5.69 Å². The van der Waals surface area contributed by atoms with Gasteiger partial charge in [-0.05, 0) is 25.0 Å². The normalized spacial score (nSPS) is 18.6. The molecule has 0 saturated carbocycles. The maximum atomic E-state index is 12.3. The summed E-state index contributed by atoms with van der Waals surface area (Å²) in [6, 6.07) is 5.36. The molecule has 0 unspecified atom stereocenters. The van der Waals surface area contributed by atoms with Crippen molar-refractivity contribution in [2.75, 3.05) is 11.9 Å². The average molecular weight is 308 g/mol. The summed E-state index contributed by atoms with van der Waals surface area (Å²) in [7, 11) is 0. The Hall–Kier alpha value is -2.48. The summed E-state index contributed by atoms with van der Waals surface area (Å²) in [5.41, 5.74) is 0.295. The molecule has 1 amide bonds. The Labute approximate surface area is 126 Å². The zero-order valence-electron chi connectivity index (χ0n) is 11.7. The number of carboxylic acid groups (broad SMARTS) is 1. The van der Waals surface area contributed by atoms with Crippen LogP contribution in [-0.2, 0) is 14.3 Å². The van der Waals surface area contributed by atoms with E-state index in [9.17, 15) is 19.7 Å².